The molecule has 3 N–H and O–H groups in total. The highest BCUT2D eigenvalue weighted by Crippen LogP contribution is 2.60. The lowest BCUT2D eigenvalue weighted by atomic mass is 9.79. The number of hydrogen-bond acceptors (Lipinski definition) is 5. The largest absolute Gasteiger partial charge is 0.361 e. The van der Waals surface area contributed by atoms with Gasteiger partial charge in [-0.05, 0) is 49.5 Å². The monoisotopic (exact) mass is 358 g/mol. The fourth-order valence-corrected chi connectivity index (χ4v) is 4.10. The van der Waals surface area contributed by atoms with Gasteiger partial charge in [0, 0.05) is 38.2 Å². The van der Waals surface area contributed by atoms with Gasteiger partial charge in [-0.3, -0.25) is 4.79 Å². The molecule has 2 fully saturated rings. The van der Waals surface area contributed by atoms with Crippen molar-refractivity contribution in [2.45, 2.75) is 58.9 Å². The van der Waals surface area contributed by atoms with Gasteiger partial charge in [-0.1, -0.05) is 18.2 Å². The number of piperidine rings is 1. The summed E-state index contributed by atoms with van der Waals surface area (Å²) in [5, 5.41) is 12.0. The summed E-state index contributed by atoms with van der Waals surface area (Å²) in [6, 6.07) is 2.04. The van der Waals surface area contributed by atoms with E-state index in [-0.39, 0.29) is 18.5 Å². The molecule has 0 unspecified atom stereocenters. The van der Waals surface area contributed by atoms with Crippen molar-refractivity contribution in [3.63, 3.8) is 0 Å². The Morgan fingerprint density at radius 1 is 1.50 bits per heavy atom. The van der Waals surface area contributed by atoms with Crippen molar-refractivity contribution in [1.29, 1.82) is 5.41 Å². The molecular weight excluding hydrogens is 328 g/mol. The summed E-state index contributed by atoms with van der Waals surface area (Å²) in [7, 11) is 0. The lowest BCUT2D eigenvalue weighted by Gasteiger charge is -2.42. The van der Waals surface area contributed by atoms with E-state index in [1.807, 2.05) is 24.0 Å². The molecule has 1 saturated carbocycles. The number of amides is 1. The highest BCUT2D eigenvalue weighted by Gasteiger charge is 2.53. The van der Waals surface area contributed by atoms with Crippen LogP contribution in [0.1, 0.15) is 64.0 Å². The first-order chi connectivity index (χ1) is 12.4. The van der Waals surface area contributed by atoms with E-state index >= 15 is 0 Å². The van der Waals surface area contributed by atoms with Crippen molar-refractivity contribution < 1.29 is 9.32 Å². The van der Waals surface area contributed by atoms with Crippen LogP contribution in [0.25, 0.3) is 0 Å². The third kappa shape index (κ3) is 3.75. The third-order valence-electron chi connectivity index (χ3n) is 6.23. The fourth-order valence-electron chi connectivity index (χ4n) is 4.10. The number of aromatic nitrogens is 1. The minimum absolute atomic E-state index is 0.0337. The van der Waals surface area contributed by atoms with Crippen LogP contribution in [-0.2, 0) is 11.2 Å². The van der Waals surface area contributed by atoms with Crippen LogP contribution in [0, 0.1) is 16.7 Å². The Bertz CT molecular complexity index is 717. The van der Waals surface area contributed by atoms with Crippen LogP contribution >= 0.6 is 0 Å². The normalized spacial score (nSPS) is 24.8. The van der Waals surface area contributed by atoms with Crippen LogP contribution in [0.2, 0.25) is 0 Å². The van der Waals surface area contributed by atoms with Crippen LogP contribution in [0.15, 0.2) is 22.2 Å². The van der Waals surface area contributed by atoms with Gasteiger partial charge in [-0.2, -0.15) is 0 Å². The maximum Gasteiger partial charge on any atom is 0.220 e. The third-order valence-corrected chi connectivity index (χ3v) is 6.23. The van der Waals surface area contributed by atoms with Gasteiger partial charge in [-0.25, -0.2) is 0 Å². The number of likely N-dealkylation sites (tertiary alicyclic amines) is 1. The van der Waals surface area contributed by atoms with Gasteiger partial charge in [-0.15, -0.1) is 0 Å². The Hall–Kier alpha value is -1.95. The van der Waals surface area contributed by atoms with Crippen molar-refractivity contribution in [3.8, 4) is 0 Å². The molecule has 6 heteroatoms. The number of carbonyl (C=O) groups is 1. The zero-order chi connectivity index (χ0) is 18.9. The Morgan fingerprint density at radius 2 is 2.23 bits per heavy atom. The first kappa shape index (κ1) is 18.8. The summed E-state index contributed by atoms with van der Waals surface area (Å²) in [5.74, 6) is 1.50. The maximum absolute atomic E-state index is 12.1. The quantitative estimate of drug-likeness (QED) is 0.763. The van der Waals surface area contributed by atoms with Crippen molar-refractivity contribution >= 4 is 11.6 Å². The Labute approximate surface area is 155 Å². The summed E-state index contributed by atoms with van der Waals surface area (Å²) in [4.78, 5) is 14.1. The molecule has 1 aromatic heterocycles. The lowest BCUT2D eigenvalue weighted by Crippen LogP contribution is -2.45. The van der Waals surface area contributed by atoms with Crippen LogP contribution in [0.4, 0.5) is 0 Å². The van der Waals surface area contributed by atoms with Crippen LogP contribution in [0.5, 0.6) is 0 Å². The summed E-state index contributed by atoms with van der Waals surface area (Å²) in [5.41, 5.74) is 8.14. The lowest BCUT2D eigenvalue weighted by molar-refractivity contribution is -0.135. The van der Waals surface area contributed by atoms with E-state index in [1.165, 1.54) is 12.8 Å². The number of nitrogens with two attached hydrogens (primary N) is 1. The number of carbonyl (C=O) groups excluding carboxylic acids is 1. The molecule has 3 rings (SSSR count). The van der Waals surface area contributed by atoms with Gasteiger partial charge in [0.25, 0.3) is 0 Å². The molecule has 2 aliphatic rings. The smallest absolute Gasteiger partial charge is 0.220 e. The highest BCUT2D eigenvalue weighted by molar-refractivity contribution is 5.98. The second kappa shape index (κ2) is 7.35. The predicted molar refractivity (Wildman–Crippen MR) is 101 cm³/mol. The van der Waals surface area contributed by atoms with Crippen molar-refractivity contribution in [3.05, 3.63) is 29.2 Å². The number of nitrogens with one attached hydrogen (secondary N) is 1. The minimum atomic E-state index is 0.0337. The Morgan fingerprint density at radius 3 is 2.85 bits per heavy atom. The van der Waals surface area contributed by atoms with Gasteiger partial charge in [0.05, 0.1) is 6.04 Å². The first-order valence-corrected chi connectivity index (χ1v) is 9.53. The number of aryl methyl sites for hydroxylation is 1. The molecule has 1 spiro atoms. The molecule has 1 aromatic rings. The van der Waals surface area contributed by atoms with Crippen molar-refractivity contribution in [2.24, 2.45) is 17.1 Å². The molecule has 1 aliphatic heterocycles. The predicted octanol–water partition coefficient (Wildman–Crippen LogP) is 3.24. The molecular formula is C20H30N4O2. The first-order valence-electron chi connectivity index (χ1n) is 9.53. The highest BCUT2D eigenvalue weighted by atomic mass is 16.5. The molecule has 0 aromatic carbocycles. The van der Waals surface area contributed by atoms with E-state index in [0.29, 0.717) is 17.0 Å². The maximum atomic E-state index is 12.1. The van der Waals surface area contributed by atoms with E-state index in [4.69, 9.17) is 15.7 Å². The van der Waals surface area contributed by atoms with E-state index in [0.717, 1.165) is 42.8 Å². The van der Waals surface area contributed by atoms with Gasteiger partial charge in [0.15, 0.2) is 0 Å². The van der Waals surface area contributed by atoms with Crippen molar-refractivity contribution in [1.82, 2.24) is 10.1 Å². The average molecular weight is 358 g/mol. The standard InChI is InChI=1S/C20H30N4O2/c1-13(17(22)11-21)5-4-6-16-9-18(23-26-16)19-10-20(7-8-20)14(2)12-24(19)15(3)25/h5,9,14,19,22H,4,6-8,10-12,21H2,1-3H3/b13-5-,22-17?/t14-,19-/m0/s1. The van der Waals surface area contributed by atoms with Crippen LogP contribution < -0.4 is 5.73 Å². The van der Waals surface area contributed by atoms with Gasteiger partial charge >= 0.3 is 0 Å². The molecule has 142 valence electrons. The number of rotatable bonds is 6. The molecule has 2 atom stereocenters. The van der Waals surface area contributed by atoms with Crippen LogP contribution in [0.3, 0.4) is 0 Å². The Balaban J connectivity index is 1.68. The molecule has 1 amide bonds. The summed E-state index contributed by atoms with van der Waals surface area (Å²) in [6.45, 7) is 6.89. The van der Waals surface area contributed by atoms with E-state index in [2.05, 4.69) is 12.1 Å². The Kier molecular flexibility index (Phi) is 5.32. The zero-order valence-electron chi connectivity index (χ0n) is 16.0. The SMILES string of the molecule is CC(=O)N1C[C@H](C)C2(CC2)C[C@H]1c1cc(CC/C=C(/C)C(=N)CN)on1. The summed E-state index contributed by atoms with van der Waals surface area (Å²) < 4.78 is 5.53. The van der Waals surface area contributed by atoms with Crippen LogP contribution in [-0.4, -0.2) is 34.8 Å². The number of allylic oxidation sites excluding steroid dienone is 1. The summed E-state index contributed by atoms with van der Waals surface area (Å²) >= 11 is 0. The second-order valence-corrected chi connectivity index (χ2v) is 7.98. The summed E-state index contributed by atoms with van der Waals surface area (Å²) in [6.07, 6.45) is 7.05. The van der Waals surface area contributed by atoms with E-state index in [9.17, 15) is 4.79 Å². The molecule has 26 heavy (non-hydrogen) atoms. The number of nitrogens with zero attached hydrogens (tertiary/aromatic N) is 2. The van der Waals surface area contributed by atoms with Crippen molar-refractivity contribution in [2.75, 3.05) is 13.1 Å². The molecule has 1 saturated heterocycles. The minimum Gasteiger partial charge on any atom is -0.361 e. The average Bonchev–Trinajstić information content (AvgIpc) is 3.24. The molecule has 0 bridgehead atoms. The van der Waals surface area contributed by atoms with E-state index in [1.54, 1.807) is 6.92 Å². The van der Waals surface area contributed by atoms with Gasteiger partial charge in [0.1, 0.15) is 11.5 Å². The van der Waals surface area contributed by atoms with Gasteiger partial charge < -0.3 is 20.6 Å². The molecule has 6 nitrogen and oxygen atoms in total. The van der Waals surface area contributed by atoms with E-state index < -0.39 is 0 Å². The fraction of sp³-hybridized carbons (Fsp3) is 0.650. The molecule has 0 radical (unpaired) electrons. The van der Waals surface area contributed by atoms with Gasteiger partial charge in [0.2, 0.25) is 5.91 Å². The number of hydrogen-bond donors (Lipinski definition) is 2. The second-order valence-electron chi connectivity index (χ2n) is 7.98. The molecule has 2 heterocycles. The molecule has 1 aliphatic carbocycles. The zero-order valence-corrected chi connectivity index (χ0v) is 16.0. The topological polar surface area (TPSA) is 96.2 Å².